The average Bonchev–Trinajstić information content (AvgIpc) is 2.71. The molecule has 6 heteroatoms. The van der Waals surface area contributed by atoms with Crippen LogP contribution in [-0.4, -0.2) is 40.8 Å². The van der Waals surface area contributed by atoms with Crippen LogP contribution in [0.2, 0.25) is 0 Å². The van der Waals surface area contributed by atoms with Gasteiger partial charge in [-0.1, -0.05) is 0 Å². The van der Waals surface area contributed by atoms with E-state index in [0.29, 0.717) is 0 Å². The molecule has 2 unspecified atom stereocenters. The first-order valence-electron chi connectivity index (χ1n) is 4.30. The molecule has 0 saturated carbocycles. The molecule has 2 rings (SSSR count). The van der Waals surface area contributed by atoms with Crippen molar-refractivity contribution in [1.29, 1.82) is 0 Å². The number of halogens is 3. The van der Waals surface area contributed by atoms with Crippen LogP contribution in [-0.2, 0) is 4.74 Å². The second kappa shape index (κ2) is 2.84. The van der Waals surface area contributed by atoms with E-state index >= 15 is 0 Å². The van der Waals surface area contributed by atoms with Crippen molar-refractivity contribution >= 4 is 0 Å². The van der Waals surface area contributed by atoms with Crippen LogP contribution in [0.4, 0.5) is 13.2 Å². The Kier molecular flexibility index (Phi) is 2.02. The molecule has 0 spiro atoms. The Labute approximate surface area is 83.5 Å². The fourth-order valence-corrected chi connectivity index (χ4v) is 1.89. The van der Waals surface area contributed by atoms with E-state index in [2.05, 4.69) is 0 Å². The van der Waals surface area contributed by atoms with Gasteiger partial charge in [-0.05, 0) is 18.2 Å². The maximum Gasteiger partial charge on any atom is 0.415 e. The van der Waals surface area contributed by atoms with Crippen LogP contribution >= 0.6 is 0 Å². The van der Waals surface area contributed by atoms with Crippen molar-refractivity contribution in [2.24, 2.45) is 0 Å². The molecule has 2 bridgehead atoms. The summed E-state index contributed by atoms with van der Waals surface area (Å²) in [5.74, 6) is 0. The van der Waals surface area contributed by atoms with Gasteiger partial charge in [-0.3, -0.25) is 0 Å². The Balaban J connectivity index is 2.45. The normalized spacial score (nSPS) is 38.6. The first kappa shape index (κ1) is 10.7. The zero-order chi connectivity index (χ0) is 11.3. The Bertz CT molecular complexity index is 347. The van der Waals surface area contributed by atoms with Gasteiger partial charge >= 0.3 is 6.18 Å². The second-order valence-corrected chi connectivity index (χ2v) is 3.65. The predicted octanol–water partition coefficient (Wildman–Crippen LogP) is 0.537. The maximum absolute atomic E-state index is 12.6. The van der Waals surface area contributed by atoms with Gasteiger partial charge in [-0.25, -0.2) is 0 Å². The number of hydrogen-bond acceptors (Lipinski definition) is 3. The topological polar surface area (TPSA) is 49.7 Å². The standard InChI is InChI=1S/C9H9F3O3/c10-9(11,12)6-3-7(4-13)1-2-8(6,5-14)15-7/h1-3,13-14H,4-5H2. The monoisotopic (exact) mass is 222 g/mol. The fraction of sp³-hybridized carbons (Fsp3) is 0.556. The first-order valence-corrected chi connectivity index (χ1v) is 4.30. The molecule has 84 valence electrons. The molecule has 2 N–H and O–H groups in total. The van der Waals surface area contributed by atoms with Crippen molar-refractivity contribution < 1.29 is 28.1 Å². The zero-order valence-electron chi connectivity index (χ0n) is 7.58. The van der Waals surface area contributed by atoms with Crippen molar-refractivity contribution in [3.63, 3.8) is 0 Å². The van der Waals surface area contributed by atoms with E-state index in [4.69, 9.17) is 14.9 Å². The number of aliphatic hydroxyl groups excluding tert-OH is 2. The number of hydrogen-bond donors (Lipinski definition) is 2. The number of rotatable bonds is 2. The fourth-order valence-electron chi connectivity index (χ4n) is 1.89. The quantitative estimate of drug-likeness (QED) is 0.670. The highest BCUT2D eigenvalue weighted by Crippen LogP contribution is 2.50. The molecule has 0 aromatic carbocycles. The smallest absolute Gasteiger partial charge is 0.393 e. The maximum atomic E-state index is 12.6. The van der Waals surface area contributed by atoms with Crippen LogP contribution in [0.25, 0.3) is 0 Å². The number of fused-ring (bicyclic) bond motifs is 2. The van der Waals surface area contributed by atoms with E-state index in [1.807, 2.05) is 0 Å². The highest BCUT2D eigenvalue weighted by molar-refractivity contribution is 5.46. The number of aliphatic hydroxyl groups is 2. The van der Waals surface area contributed by atoms with E-state index in [1.165, 1.54) is 6.08 Å². The summed E-state index contributed by atoms with van der Waals surface area (Å²) in [7, 11) is 0. The van der Waals surface area contributed by atoms with Crippen molar-refractivity contribution in [3.8, 4) is 0 Å². The van der Waals surface area contributed by atoms with E-state index < -0.39 is 36.2 Å². The van der Waals surface area contributed by atoms with Crippen LogP contribution in [0, 0.1) is 0 Å². The summed E-state index contributed by atoms with van der Waals surface area (Å²) < 4.78 is 42.8. The van der Waals surface area contributed by atoms with Crippen LogP contribution in [0.5, 0.6) is 0 Å². The van der Waals surface area contributed by atoms with E-state index in [0.717, 1.165) is 12.2 Å². The third-order valence-electron chi connectivity index (χ3n) is 2.64. The van der Waals surface area contributed by atoms with Crippen molar-refractivity contribution in [2.45, 2.75) is 17.4 Å². The average molecular weight is 222 g/mol. The molecule has 0 radical (unpaired) electrons. The minimum Gasteiger partial charge on any atom is -0.393 e. The predicted molar refractivity (Wildman–Crippen MR) is 44.0 cm³/mol. The van der Waals surface area contributed by atoms with Crippen molar-refractivity contribution in [1.82, 2.24) is 0 Å². The Hall–Kier alpha value is -0.850. The molecular formula is C9H9F3O3. The molecule has 0 saturated heterocycles. The lowest BCUT2D eigenvalue weighted by Gasteiger charge is -2.26. The van der Waals surface area contributed by atoms with E-state index in [-0.39, 0.29) is 0 Å². The third kappa shape index (κ3) is 1.32. The van der Waals surface area contributed by atoms with Crippen LogP contribution < -0.4 is 0 Å². The lowest BCUT2D eigenvalue weighted by molar-refractivity contribution is -0.130. The summed E-state index contributed by atoms with van der Waals surface area (Å²) in [5, 5.41) is 18.0. The molecular weight excluding hydrogens is 213 g/mol. The van der Waals surface area contributed by atoms with Crippen molar-refractivity contribution in [3.05, 3.63) is 23.8 Å². The molecule has 2 atom stereocenters. The van der Waals surface area contributed by atoms with E-state index in [1.54, 1.807) is 0 Å². The SMILES string of the molecule is OCC12C=CC(CO)(O1)C(C(F)(F)F)=C2. The van der Waals surface area contributed by atoms with Gasteiger partial charge in [-0.2, -0.15) is 13.2 Å². The molecule has 15 heavy (non-hydrogen) atoms. The summed E-state index contributed by atoms with van der Waals surface area (Å²) in [5.41, 5.74) is -4.21. The van der Waals surface area contributed by atoms with Gasteiger partial charge in [0.1, 0.15) is 11.2 Å². The summed E-state index contributed by atoms with van der Waals surface area (Å²) in [6, 6.07) is 0. The summed E-state index contributed by atoms with van der Waals surface area (Å²) in [4.78, 5) is 0. The van der Waals surface area contributed by atoms with Gasteiger partial charge in [0.25, 0.3) is 0 Å². The highest BCUT2D eigenvalue weighted by atomic mass is 19.4. The number of alkyl halides is 3. The Morgan fingerprint density at radius 3 is 2.27 bits per heavy atom. The summed E-state index contributed by atoms with van der Waals surface area (Å²) >= 11 is 0. The molecule has 3 nitrogen and oxygen atoms in total. The zero-order valence-corrected chi connectivity index (χ0v) is 7.58. The molecule has 0 aromatic heterocycles. The largest absolute Gasteiger partial charge is 0.415 e. The van der Waals surface area contributed by atoms with Crippen molar-refractivity contribution in [2.75, 3.05) is 13.2 Å². The molecule has 0 aromatic rings. The van der Waals surface area contributed by atoms with Gasteiger partial charge in [-0.15, -0.1) is 0 Å². The summed E-state index contributed by atoms with van der Waals surface area (Å²) in [6.45, 7) is -1.37. The third-order valence-corrected chi connectivity index (χ3v) is 2.64. The number of ether oxygens (including phenoxy) is 1. The molecule has 0 amide bonds. The van der Waals surface area contributed by atoms with Gasteiger partial charge in [0.05, 0.1) is 18.8 Å². The molecule has 2 heterocycles. The first-order chi connectivity index (χ1) is 6.87. The van der Waals surface area contributed by atoms with Crippen LogP contribution in [0.15, 0.2) is 23.8 Å². The minimum atomic E-state index is -4.57. The van der Waals surface area contributed by atoms with Gasteiger partial charge in [0.15, 0.2) is 0 Å². The van der Waals surface area contributed by atoms with Gasteiger partial charge in [0, 0.05) is 0 Å². The van der Waals surface area contributed by atoms with Gasteiger partial charge < -0.3 is 14.9 Å². The second-order valence-electron chi connectivity index (χ2n) is 3.65. The van der Waals surface area contributed by atoms with Crippen LogP contribution in [0.1, 0.15) is 0 Å². The molecule has 2 aliphatic rings. The lowest BCUT2D eigenvalue weighted by Crippen LogP contribution is -2.39. The molecule has 0 fully saturated rings. The van der Waals surface area contributed by atoms with E-state index in [9.17, 15) is 13.2 Å². The molecule has 2 aliphatic heterocycles. The lowest BCUT2D eigenvalue weighted by atomic mass is 9.88. The Morgan fingerprint density at radius 1 is 1.20 bits per heavy atom. The van der Waals surface area contributed by atoms with Crippen LogP contribution in [0.3, 0.4) is 0 Å². The minimum absolute atomic E-state index is 0.579. The summed E-state index contributed by atoms with van der Waals surface area (Å²) in [6.07, 6.45) is -1.27. The Morgan fingerprint density at radius 2 is 1.87 bits per heavy atom. The molecule has 0 aliphatic carbocycles. The van der Waals surface area contributed by atoms with Gasteiger partial charge in [0.2, 0.25) is 0 Å². The highest BCUT2D eigenvalue weighted by Gasteiger charge is 2.59.